The van der Waals surface area contributed by atoms with Crippen molar-refractivity contribution >= 4 is 35.0 Å². The second kappa shape index (κ2) is 8.47. The maximum absolute atomic E-state index is 13.6. The Labute approximate surface area is 201 Å². The zero-order chi connectivity index (χ0) is 23.3. The number of carbonyl (C=O) groups is 2. The van der Waals surface area contributed by atoms with Gasteiger partial charge in [-0.15, -0.1) is 0 Å². The SMILES string of the molecule is CC(c1ccncc1)N1CCn2nc3c(c2C1=O)CN(C(=O)c1ccc(Cl)c(Cl)c1)[C@H](C)C3. The first kappa shape index (κ1) is 21.9. The average Bonchev–Trinajstić information content (AvgIpc) is 3.18. The molecule has 4 heterocycles. The minimum absolute atomic E-state index is 0.0571. The minimum Gasteiger partial charge on any atom is -0.331 e. The van der Waals surface area contributed by atoms with Gasteiger partial charge in [0.15, 0.2) is 0 Å². The second-order valence-corrected chi connectivity index (χ2v) is 9.38. The molecule has 2 aliphatic rings. The molecule has 33 heavy (non-hydrogen) atoms. The number of benzene rings is 1. The summed E-state index contributed by atoms with van der Waals surface area (Å²) < 4.78 is 1.81. The number of amides is 2. The zero-order valence-electron chi connectivity index (χ0n) is 18.3. The summed E-state index contributed by atoms with van der Waals surface area (Å²) in [5.41, 5.74) is 3.81. The van der Waals surface area contributed by atoms with E-state index >= 15 is 0 Å². The average molecular weight is 484 g/mol. The lowest BCUT2D eigenvalue weighted by Crippen LogP contribution is -2.44. The summed E-state index contributed by atoms with van der Waals surface area (Å²) in [5, 5.41) is 5.48. The molecule has 0 radical (unpaired) electrons. The van der Waals surface area contributed by atoms with Crippen molar-refractivity contribution in [2.75, 3.05) is 6.54 Å². The first-order chi connectivity index (χ1) is 15.8. The van der Waals surface area contributed by atoms with E-state index in [1.165, 1.54) is 0 Å². The fourth-order valence-corrected chi connectivity index (χ4v) is 4.99. The third kappa shape index (κ3) is 3.79. The molecule has 0 spiro atoms. The van der Waals surface area contributed by atoms with Crippen LogP contribution in [0.4, 0.5) is 0 Å². The number of hydrogen-bond donors (Lipinski definition) is 0. The van der Waals surface area contributed by atoms with Gasteiger partial charge in [0.05, 0.1) is 34.9 Å². The van der Waals surface area contributed by atoms with E-state index in [1.54, 1.807) is 35.5 Å². The maximum Gasteiger partial charge on any atom is 0.273 e. The quantitative estimate of drug-likeness (QED) is 0.553. The molecule has 170 valence electrons. The Morgan fingerprint density at radius 1 is 1.12 bits per heavy atom. The molecule has 0 fully saturated rings. The van der Waals surface area contributed by atoms with Crippen molar-refractivity contribution < 1.29 is 9.59 Å². The van der Waals surface area contributed by atoms with Crippen molar-refractivity contribution in [1.29, 1.82) is 0 Å². The van der Waals surface area contributed by atoms with Gasteiger partial charge in [0, 0.05) is 42.5 Å². The Balaban J connectivity index is 1.45. The molecule has 5 rings (SSSR count). The maximum atomic E-state index is 13.6. The number of halogens is 2. The zero-order valence-corrected chi connectivity index (χ0v) is 19.8. The molecular weight excluding hydrogens is 461 g/mol. The topological polar surface area (TPSA) is 71.3 Å². The fourth-order valence-electron chi connectivity index (χ4n) is 4.69. The van der Waals surface area contributed by atoms with Gasteiger partial charge in [-0.3, -0.25) is 19.3 Å². The van der Waals surface area contributed by atoms with Gasteiger partial charge in [0.2, 0.25) is 0 Å². The van der Waals surface area contributed by atoms with E-state index in [0.29, 0.717) is 47.4 Å². The van der Waals surface area contributed by atoms with Gasteiger partial charge in [0.25, 0.3) is 11.8 Å². The van der Waals surface area contributed by atoms with Gasteiger partial charge in [0.1, 0.15) is 5.69 Å². The number of hydrogen-bond acceptors (Lipinski definition) is 4. The molecule has 0 bridgehead atoms. The molecule has 2 amide bonds. The van der Waals surface area contributed by atoms with Crippen LogP contribution in [-0.2, 0) is 19.5 Å². The Morgan fingerprint density at radius 3 is 2.61 bits per heavy atom. The molecule has 0 N–H and O–H groups in total. The predicted molar refractivity (Wildman–Crippen MR) is 125 cm³/mol. The molecule has 1 unspecified atom stereocenters. The van der Waals surface area contributed by atoms with E-state index in [4.69, 9.17) is 28.3 Å². The first-order valence-electron chi connectivity index (χ1n) is 10.9. The lowest BCUT2D eigenvalue weighted by molar-refractivity contribution is 0.0605. The Bertz CT molecular complexity index is 1240. The van der Waals surface area contributed by atoms with Gasteiger partial charge in [-0.05, 0) is 49.7 Å². The highest BCUT2D eigenvalue weighted by Crippen LogP contribution is 2.33. The van der Waals surface area contributed by atoms with Crippen molar-refractivity contribution in [3.63, 3.8) is 0 Å². The standard InChI is InChI=1S/C24H23Cl2N5O2/c1-14-11-21-18(13-30(14)23(32)17-3-4-19(25)20(26)12-17)22-24(33)29(9-10-31(22)28-21)15(2)16-5-7-27-8-6-16/h3-8,12,14-15H,9-11,13H2,1-2H3/t14-,15?/m1/s1. The molecule has 1 aromatic carbocycles. The van der Waals surface area contributed by atoms with Crippen LogP contribution in [0, 0.1) is 0 Å². The molecular formula is C24H23Cl2N5O2. The minimum atomic E-state index is -0.142. The van der Waals surface area contributed by atoms with Gasteiger partial charge in [-0.25, -0.2) is 0 Å². The van der Waals surface area contributed by atoms with Gasteiger partial charge in [-0.1, -0.05) is 23.2 Å². The largest absolute Gasteiger partial charge is 0.331 e. The van der Waals surface area contributed by atoms with Crippen LogP contribution in [0.2, 0.25) is 10.0 Å². The fraction of sp³-hybridized carbons (Fsp3) is 0.333. The summed E-state index contributed by atoms with van der Waals surface area (Å²) in [5.74, 6) is -0.201. The van der Waals surface area contributed by atoms with Gasteiger partial charge >= 0.3 is 0 Å². The Morgan fingerprint density at radius 2 is 1.88 bits per heavy atom. The normalized spacial score (nSPS) is 18.7. The molecule has 3 aromatic rings. The summed E-state index contributed by atoms with van der Waals surface area (Å²) in [7, 11) is 0. The summed E-state index contributed by atoms with van der Waals surface area (Å²) in [6, 6.07) is 8.61. The van der Waals surface area contributed by atoms with E-state index in [9.17, 15) is 9.59 Å². The molecule has 0 saturated heterocycles. The second-order valence-electron chi connectivity index (χ2n) is 8.57. The van der Waals surface area contributed by atoms with Crippen LogP contribution in [0.1, 0.15) is 57.6 Å². The van der Waals surface area contributed by atoms with Gasteiger partial charge < -0.3 is 9.80 Å². The summed E-state index contributed by atoms with van der Waals surface area (Å²) in [6.45, 7) is 5.55. The predicted octanol–water partition coefficient (Wildman–Crippen LogP) is 4.39. The van der Waals surface area contributed by atoms with Crippen LogP contribution in [0.25, 0.3) is 0 Å². The van der Waals surface area contributed by atoms with Crippen molar-refractivity contribution in [3.05, 3.63) is 80.8 Å². The van der Waals surface area contributed by atoms with Gasteiger partial charge in [-0.2, -0.15) is 5.10 Å². The van der Waals surface area contributed by atoms with Crippen LogP contribution in [-0.4, -0.2) is 49.0 Å². The number of rotatable bonds is 3. The highest BCUT2D eigenvalue weighted by molar-refractivity contribution is 6.42. The Kier molecular flexibility index (Phi) is 5.62. The summed E-state index contributed by atoms with van der Waals surface area (Å²) in [4.78, 5) is 34.6. The number of aromatic nitrogens is 3. The van der Waals surface area contributed by atoms with Crippen molar-refractivity contribution in [2.45, 2.75) is 45.4 Å². The monoisotopic (exact) mass is 483 g/mol. The van der Waals surface area contributed by atoms with E-state index in [1.807, 2.05) is 35.6 Å². The van der Waals surface area contributed by atoms with Crippen LogP contribution >= 0.6 is 23.2 Å². The summed E-state index contributed by atoms with van der Waals surface area (Å²) >= 11 is 12.2. The highest BCUT2D eigenvalue weighted by Gasteiger charge is 2.38. The Hall–Kier alpha value is -2.90. The number of carbonyl (C=O) groups excluding carboxylic acids is 2. The number of fused-ring (bicyclic) bond motifs is 3. The van der Waals surface area contributed by atoms with E-state index < -0.39 is 0 Å². The van der Waals surface area contributed by atoms with Crippen LogP contribution in [0.5, 0.6) is 0 Å². The smallest absolute Gasteiger partial charge is 0.273 e. The lowest BCUT2D eigenvalue weighted by Gasteiger charge is -2.35. The third-order valence-electron chi connectivity index (χ3n) is 6.58. The molecule has 2 aliphatic heterocycles. The molecule has 2 atom stereocenters. The van der Waals surface area contributed by atoms with Crippen LogP contribution in [0.3, 0.4) is 0 Å². The van der Waals surface area contributed by atoms with E-state index in [0.717, 1.165) is 16.8 Å². The third-order valence-corrected chi connectivity index (χ3v) is 7.32. The van der Waals surface area contributed by atoms with E-state index in [-0.39, 0.29) is 23.9 Å². The van der Waals surface area contributed by atoms with Crippen molar-refractivity contribution in [2.24, 2.45) is 0 Å². The molecule has 9 heteroatoms. The number of nitrogens with zero attached hydrogens (tertiary/aromatic N) is 5. The van der Waals surface area contributed by atoms with Crippen LogP contribution in [0.15, 0.2) is 42.7 Å². The molecule has 0 saturated carbocycles. The molecule has 2 aromatic heterocycles. The number of pyridine rings is 1. The first-order valence-corrected chi connectivity index (χ1v) is 11.7. The lowest BCUT2D eigenvalue weighted by atomic mass is 9.97. The summed E-state index contributed by atoms with van der Waals surface area (Å²) in [6.07, 6.45) is 4.07. The molecule has 0 aliphatic carbocycles. The van der Waals surface area contributed by atoms with E-state index in [2.05, 4.69) is 4.98 Å². The molecule has 7 nitrogen and oxygen atoms in total. The van der Waals surface area contributed by atoms with Crippen molar-refractivity contribution in [1.82, 2.24) is 24.6 Å². The highest BCUT2D eigenvalue weighted by atomic mass is 35.5. The van der Waals surface area contributed by atoms with Crippen molar-refractivity contribution in [3.8, 4) is 0 Å². The van der Waals surface area contributed by atoms with Crippen LogP contribution < -0.4 is 0 Å².